The summed E-state index contributed by atoms with van der Waals surface area (Å²) in [6, 6.07) is 7.01. The van der Waals surface area contributed by atoms with E-state index >= 15 is 0 Å². The molecule has 102 valence electrons. The largest absolute Gasteiger partial charge is 0.384 e. The zero-order valence-electron chi connectivity index (χ0n) is 11.0. The molecule has 0 aromatic heterocycles. The molecule has 0 unspecified atom stereocenters. The molecule has 1 rings (SSSR count). The minimum atomic E-state index is -3.41. The molecule has 0 aliphatic carbocycles. The second-order valence-electron chi connectivity index (χ2n) is 3.85. The summed E-state index contributed by atoms with van der Waals surface area (Å²) in [6.07, 6.45) is 1.97. The molecule has 0 atom stereocenters. The first-order valence-corrected chi connectivity index (χ1v) is 8.65. The van der Waals surface area contributed by atoms with Crippen LogP contribution in [0.4, 0.5) is 5.69 Å². The van der Waals surface area contributed by atoms with Gasteiger partial charge in [0.25, 0.3) is 0 Å². The number of hydrogen-bond acceptors (Lipinski definition) is 4. The number of thioether (sulfide) groups is 1. The van der Waals surface area contributed by atoms with E-state index in [-0.39, 0.29) is 0 Å². The maximum atomic E-state index is 12.4. The molecule has 0 amide bonds. The molecule has 1 aromatic carbocycles. The lowest BCUT2D eigenvalue weighted by molar-refractivity contribution is 0.489. The summed E-state index contributed by atoms with van der Waals surface area (Å²) in [7, 11) is -1.79. The van der Waals surface area contributed by atoms with Crippen molar-refractivity contribution in [2.24, 2.45) is 0 Å². The highest BCUT2D eigenvalue weighted by atomic mass is 32.2. The summed E-state index contributed by atoms with van der Waals surface area (Å²) in [5, 5.41) is 3.08. The molecule has 0 radical (unpaired) electrons. The van der Waals surface area contributed by atoms with Gasteiger partial charge in [0.1, 0.15) is 4.90 Å². The number of hydrogen-bond donors (Lipinski definition) is 1. The molecule has 0 saturated carbocycles. The van der Waals surface area contributed by atoms with Crippen LogP contribution in [0, 0.1) is 0 Å². The van der Waals surface area contributed by atoms with Crippen LogP contribution in [0.15, 0.2) is 29.2 Å². The summed E-state index contributed by atoms with van der Waals surface area (Å²) in [5.74, 6) is 0.791. The Morgan fingerprint density at radius 3 is 2.61 bits per heavy atom. The fourth-order valence-corrected chi connectivity index (χ4v) is 3.44. The molecule has 0 aliphatic rings. The van der Waals surface area contributed by atoms with Crippen LogP contribution in [0.5, 0.6) is 0 Å². The third-order valence-corrected chi connectivity index (χ3v) is 5.06. The lowest BCUT2D eigenvalue weighted by atomic mass is 10.3. The topological polar surface area (TPSA) is 49.4 Å². The number of nitrogens with zero attached hydrogens (tertiary/aromatic N) is 1. The minimum absolute atomic E-state index is 0.343. The monoisotopic (exact) mass is 288 g/mol. The number of para-hydroxylation sites is 1. The van der Waals surface area contributed by atoms with Gasteiger partial charge < -0.3 is 5.32 Å². The van der Waals surface area contributed by atoms with Crippen LogP contribution in [0.1, 0.15) is 6.92 Å². The highest BCUT2D eigenvalue weighted by Crippen LogP contribution is 2.23. The fraction of sp³-hybridized carbons (Fsp3) is 0.500. The zero-order valence-corrected chi connectivity index (χ0v) is 12.6. The Hall–Kier alpha value is -0.720. The standard InChI is InChI=1S/C12H20N2O2S2/c1-4-13-11-7-5-6-8-12(11)18(15,16)14(2)9-10-17-3/h5-8,13H,4,9-10H2,1-3H3. The van der Waals surface area contributed by atoms with Gasteiger partial charge in [0, 0.05) is 25.9 Å². The van der Waals surface area contributed by atoms with Gasteiger partial charge >= 0.3 is 0 Å². The van der Waals surface area contributed by atoms with Crippen molar-refractivity contribution in [3.63, 3.8) is 0 Å². The maximum absolute atomic E-state index is 12.4. The highest BCUT2D eigenvalue weighted by molar-refractivity contribution is 7.98. The van der Waals surface area contributed by atoms with E-state index < -0.39 is 10.0 Å². The molecule has 0 fully saturated rings. The quantitative estimate of drug-likeness (QED) is 0.835. The Balaban J connectivity index is 3.04. The van der Waals surface area contributed by atoms with Crippen molar-refractivity contribution in [1.82, 2.24) is 4.31 Å². The Morgan fingerprint density at radius 1 is 1.33 bits per heavy atom. The average molecular weight is 288 g/mol. The van der Waals surface area contributed by atoms with Crippen molar-refractivity contribution >= 4 is 27.5 Å². The van der Waals surface area contributed by atoms with Gasteiger partial charge in [-0.05, 0) is 25.3 Å². The van der Waals surface area contributed by atoms with E-state index in [1.165, 1.54) is 4.31 Å². The summed E-state index contributed by atoms with van der Waals surface area (Å²) in [5.41, 5.74) is 0.663. The van der Waals surface area contributed by atoms with E-state index in [9.17, 15) is 8.42 Å². The third-order valence-electron chi connectivity index (χ3n) is 2.55. The number of nitrogens with one attached hydrogen (secondary N) is 1. The van der Waals surface area contributed by atoms with Gasteiger partial charge in [0.15, 0.2) is 0 Å². The van der Waals surface area contributed by atoms with Crippen molar-refractivity contribution in [3.05, 3.63) is 24.3 Å². The smallest absolute Gasteiger partial charge is 0.244 e. The van der Waals surface area contributed by atoms with Crippen LogP contribution in [-0.2, 0) is 10.0 Å². The molecule has 0 aliphatic heterocycles. The van der Waals surface area contributed by atoms with Crippen LogP contribution in [0.25, 0.3) is 0 Å². The normalized spacial score (nSPS) is 11.8. The fourth-order valence-electron chi connectivity index (χ4n) is 1.54. The van der Waals surface area contributed by atoms with E-state index in [2.05, 4.69) is 5.32 Å². The van der Waals surface area contributed by atoms with Crippen LogP contribution >= 0.6 is 11.8 Å². The molecule has 0 bridgehead atoms. The SMILES string of the molecule is CCNc1ccccc1S(=O)(=O)N(C)CCSC. The summed E-state index contributed by atoms with van der Waals surface area (Å²) < 4.78 is 26.2. The van der Waals surface area contributed by atoms with Gasteiger partial charge in [-0.3, -0.25) is 0 Å². The second kappa shape index (κ2) is 7.01. The molecule has 0 saturated heterocycles. The van der Waals surface area contributed by atoms with Gasteiger partial charge in [0.2, 0.25) is 10.0 Å². The first-order valence-electron chi connectivity index (χ1n) is 5.82. The summed E-state index contributed by atoms with van der Waals surface area (Å²) in [4.78, 5) is 0.343. The van der Waals surface area contributed by atoms with Gasteiger partial charge in [-0.15, -0.1) is 0 Å². The van der Waals surface area contributed by atoms with Gasteiger partial charge in [-0.2, -0.15) is 11.8 Å². The van der Waals surface area contributed by atoms with Crippen molar-refractivity contribution < 1.29 is 8.42 Å². The molecule has 4 nitrogen and oxygen atoms in total. The van der Waals surface area contributed by atoms with Crippen molar-refractivity contribution in [2.75, 3.05) is 37.5 Å². The Morgan fingerprint density at radius 2 is 2.00 bits per heavy atom. The summed E-state index contributed by atoms with van der Waals surface area (Å²) >= 11 is 1.63. The van der Waals surface area contributed by atoms with Crippen LogP contribution in [-0.4, -0.2) is 44.9 Å². The lowest BCUT2D eigenvalue weighted by Gasteiger charge is -2.19. The first-order chi connectivity index (χ1) is 8.54. The third kappa shape index (κ3) is 3.63. The van der Waals surface area contributed by atoms with Gasteiger partial charge in [-0.25, -0.2) is 12.7 Å². The maximum Gasteiger partial charge on any atom is 0.244 e. The molecule has 18 heavy (non-hydrogen) atoms. The molecule has 0 heterocycles. The van der Waals surface area contributed by atoms with Crippen molar-refractivity contribution in [3.8, 4) is 0 Å². The zero-order chi connectivity index (χ0) is 13.6. The average Bonchev–Trinajstić information content (AvgIpc) is 2.36. The summed E-state index contributed by atoms with van der Waals surface area (Å²) in [6.45, 7) is 3.16. The first kappa shape index (κ1) is 15.3. The van der Waals surface area contributed by atoms with E-state index in [0.717, 1.165) is 5.75 Å². The highest BCUT2D eigenvalue weighted by Gasteiger charge is 2.22. The van der Waals surface area contributed by atoms with Crippen molar-refractivity contribution in [1.29, 1.82) is 0 Å². The molecule has 1 aromatic rings. The number of rotatable bonds is 7. The molecular formula is C12H20N2O2S2. The van der Waals surface area contributed by atoms with Crippen LogP contribution < -0.4 is 5.32 Å². The second-order valence-corrected chi connectivity index (χ2v) is 6.84. The predicted molar refractivity (Wildman–Crippen MR) is 78.8 cm³/mol. The number of sulfonamides is 1. The molecule has 1 N–H and O–H groups in total. The molecule has 0 spiro atoms. The van der Waals surface area contributed by atoms with E-state index in [4.69, 9.17) is 0 Å². The molecular weight excluding hydrogens is 268 g/mol. The Labute approximate surface area is 114 Å². The van der Waals surface area contributed by atoms with Gasteiger partial charge in [-0.1, -0.05) is 12.1 Å². The van der Waals surface area contributed by atoms with Crippen molar-refractivity contribution in [2.45, 2.75) is 11.8 Å². The van der Waals surface area contributed by atoms with Crippen LogP contribution in [0.2, 0.25) is 0 Å². The van der Waals surface area contributed by atoms with E-state index in [1.54, 1.807) is 37.0 Å². The lowest BCUT2D eigenvalue weighted by Crippen LogP contribution is -2.29. The minimum Gasteiger partial charge on any atom is -0.384 e. The Kier molecular flexibility index (Phi) is 5.98. The van der Waals surface area contributed by atoms with Crippen LogP contribution in [0.3, 0.4) is 0 Å². The Bertz CT molecular complexity index is 475. The predicted octanol–water partition coefficient (Wildman–Crippen LogP) is 2.10. The van der Waals surface area contributed by atoms with Gasteiger partial charge in [0.05, 0.1) is 5.69 Å². The number of benzene rings is 1. The molecule has 6 heteroatoms. The van der Waals surface area contributed by atoms with E-state index in [0.29, 0.717) is 23.7 Å². The number of anilines is 1. The van der Waals surface area contributed by atoms with E-state index in [1.807, 2.05) is 19.2 Å².